The molecule has 0 aromatic heterocycles. The molecule has 6 unspecified atom stereocenters. The molecule has 0 spiro atoms. The fourth-order valence-electron chi connectivity index (χ4n) is 8.12. The predicted octanol–water partition coefficient (Wildman–Crippen LogP) is 5.64. The summed E-state index contributed by atoms with van der Waals surface area (Å²) in [6, 6.07) is 0. The first kappa shape index (κ1) is 19.9. The largest absolute Gasteiger partial charge is 0.393 e. The lowest BCUT2D eigenvalue weighted by Crippen LogP contribution is -2.54. The molecule has 0 aromatic rings. The molecule has 0 bridgehead atoms. The van der Waals surface area contributed by atoms with E-state index in [1.807, 2.05) is 0 Å². The lowest BCUT2D eigenvalue weighted by atomic mass is 9.44. The van der Waals surface area contributed by atoms with Crippen LogP contribution in [0.5, 0.6) is 0 Å². The van der Waals surface area contributed by atoms with E-state index in [-0.39, 0.29) is 6.10 Å². The fraction of sp³-hybridized carbons (Fsp3) is 0.880. The van der Waals surface area contributed by atoms with Crippen molar-refractivity contribution in [3.05, 3.63) is 12.8 Å². The van der Waals surface area contributed by atoms with Gasteiger partial charge in [-0.25, -0.2) is 0 Å². The summed E-state index contributed by atoms with van der Waals surface area (Å²) in [5.41, 5.74) is 0.778. The molecule has 2 radical (unpaired) electrons. The van der Waals surface area contributed by atoms with Crippen molar-refractivity contribution in [2.75, 3.05) is 0 Å². The SMILES string of the molecule is CC(=O)CCC(C)C1CCC2C3[CH]CC4C[C@H](O)CC[C@]4(C)C3C[CH][C@]12C. The van der Waals surface area contributed by atoms with Crippen LogP contribution in [0.2, 0.25) is 0 Å². The average Bonchev–Trinajstić information content (AvgIpc) is 2.97. The highest BCUT2D eigenvalue weighted by atomic mass is 16.3. The summed E-state index contributed by atoms with van der Waals surface area (Å²) in [7, 11) is 0. The van der Waals surface area contributed by atoms with Crippen LogP contribution in [-0.4, -0.2) is 17.0 Å². The van der Waals surface area contributed by atoms with E-state index in [0.29, 0.717) is 28.4 Å². The Morgan fingerprint density at radius 1 is 1.19 bits per heavy atom. The van der Waals surface area contributed by atoms with Gasteiger partial charge in [0.2, 0.25) is 0 Å². The number of hydrogen-bond acceptors (Lipinski definition) is 2. The van der Waals surface area contributed by atoms with E-state index in [0.717, 1.165) is 49.4 Å². The molecule has 0 heterocycles. The minimum Gasteiger partial charge on any atom is -0.393 e. The second kappa shape index (κ2) is 7.15. The summed E-state index contributed by atoms with van der Waals surface area (Å²) < 4.78 is 0. The minimum absolute atomic E-state index is 0.0659. The topological polar surface area (TPSA) is 37.3 Å². The molecule has 27 heavy (non-hydrogen) atoms. The number of fused-ring (bicyclic) bond motifs is 5. The standard InChI is InChI=1S/C25H40O2/c1-16(5-6-17(2)26)21-9-10-22-20-8-7-18-15-19(27)11-13-24(18,3)23(20)12-14-25(21,22)4/h8,14,16,18-23,27H,5-7,9-13,15H2,1-4H3/t16?,18?,19-,20?,21?,22?,23?,24+,25-/m1/s1. The third kappa shape index (κ3) is 3.22. The van der Waals surface area contributed by atoms with Crippen LogP contribution in [0.15, 0.2) is 0 Å². The lowest BCUT2D eigenvalue weighted by molar-refractivity contribution is -0.117. The predicted molar refractivity (Wildman–Crippen MR) is 110 cm³/mol. The molecular weight excluding hydrogens is 332 g/mol. The molecule has 9 atom stereocenters. The van der Waals surface area contributed by atoms with Crippen LogP contribution < -0.4 is 0 Å². The minimum atomic E-state index is -0.0659. The maximum atomic E-state index is 11.5. The molecule has 0 saturated heterocycles. The van der Waals surface area contributed by atoms with Crippen LogP contribution >= 0.6 is 0 Å². The zero-order valence-corrected chi connectivity index (χ0v) is 17.9. The molecular formula is C25H40O2. The molecule has 2 heteroatoms. The Kier molecular flexibility index (Phi) is 5.28. The average molecular weight is 373 g/mol. The first-order chi connectivity index (χ1) is 12.8. The molecule has 152 valence electrons. The molecule has 4 fully saturated rings. The van der Waals surface area contributed by atoms with E-state index in [9.17, 15) is 9.90 Å². The Bertz CT molecular complexity index is 571. The Morgan fingerprint density at radius 2 is 1.96 bits per heavy atom. The zero-order chi connectivity index (χ0) is 19.4. The summed E-state index contributed by atoms with van der Waals surface area (Å²) in [4.78, 5) is 11.5. The summed E-state index contributed by atoms with van der Waals surface area (Å²) in [5, 5.41) is 10.2. The van der Waals surface area contributed by atoms with Gasteiger partial charge in [-0.05, 0) is 117 Å². The quantitative estimate of drug-likeness (QED) is 0.693. The maximum Gasteiger partial charge on any atom is 0.129 e. The smallest absolute Gasteiger partial charge is 0.129 e. The molecule has 0 aromatic carbocycles. The Morgan fingerprint density at radius 3 is 2.70 bits per heavy atom. The van der Waals surface area contributed by atoms with Gasteiger partial charge in [0.25, 0.3) is 0 Å². The summed E-state index contributed by atoms with van der Waals surface area (Å²) >= 11 is 0. The monoisotopic (exact) mass is 372 g/mol. The number of aliphatic hydroxyl groups excluding tert-OH is 1. The molecule has 1 N–H and O–H groups in total. The van der Waals surface area contributed by atoms with Crippen LogP contribution in [0.3, 0.4) is 0 Å². The number of hydrogen-bond donors (Lipinski definition) is 1. The Hall–Kier alpha value is -0.370. The first-order valence-electron chi connectivity index (χ1n) is 11.6. The van der Waals surface area contributed by atoms with Gasteiger partial charge in [-0.2, -0.15) is 0 Å². The van der Waals surface area contributed by atoms with Gasteiger partial charge in [0, 0.05) is 6.42 Å². The van der Waals surface area contributed by atoms with Gasteiger partial charge >= 0.3 is 0 Å². The lowest BCUT2D eigenvalue weighted by Gasteiger charge is -2.61. The molecule has 4 rings (SSSR count). The van der Waals surface area contributed by atoms with Gasteiger partial charge in [0.05, 0.1) is 6.10 Å². The van der Waals surface area contributed by atoms with Crippen molar-refractivity contribution < 1.29 is 9.90 Å². The molecule has 4 aliphatic carbocycles. The van der Waals surface area contributed by atoms with Gasteiger partial charge < -0.3 is 9.90 Å². The van der Waals surface area contributed by atoms with Crippen molar-refractivity contribution >= 4 is 5.78 Å². The maximum absolute atomic E-state index is 11.5. The van der Waals surface area contributed by atoms with Crippen molar-refractivity contribution in [3.8, 4) is 0 Å². The summed E-state index contributed by atoms with van der Waals surface area (Å²) in [6.45, 7) is 9.22. The number of carbonyl (C=O) groups excluding carboxylic acids is 1. The van der Waals surface area contributed by atoms with Crippen LogP contribution in [0, 0.1) is 59.2 Å². The number of Topliss-reactive ketones (excluding diaryl/α,β-unsaturated/α-hetero) is 1. The van der Waals surface area contributed by atoms with E-state index in [1.165, 1.54) is 32.1 Å². The second-order valence-electron chi connectivity index (χ2n) is 11.1. The van der Waals surface area contributed by atoms with Gasteiger partial charge in [0.1, 0.15) is 5.78 Å². The molecule has 4 saturated carbocycles. The fourth-order valence-corrected chi connectivity index (χ4v) is 8.12. The van der Waals surface area contributed by atoms with Crippen LogP contribution in [0.25, 0.3) is 0 Å². The summed E-state index contributed by atoms with van der Waals surface area (Å²) in [6.07, 6.45) is 15.6. The van der Waals surface area contributed by atoms with Gasteiger partial charge in [-0.1, -0.05) is 20.8 Å². The van der Waals surface area contributed by atoms with Crippen LogP contribution in [0.4, 0.5) is 0 Å². The van der Waals surface area contributed by atoms with E-state index in [1.54, 1.807) is 6.92 Å². The molecule has 2 nitrogen and oxygen atoms in total. The molecule has 0 aliphatic heterocycles. The third-order valence-electron chi connectivity index (χ3n) is 9.81. The van der Waals surface area contributed by atoms with Crippen molar-refractivity contribution in [1.82, 2.24) is 0 Å². The number of ketones is 1. The molecule has 0 amide bonds. The second-order valence-corrected chi connectivity index (χ2v) is 11.1. The first-order valence-corrected chi connectivity index (χ1v) is 11.6. The van der Waals surface area contributed by atoms with Crippen molar-refractivity contribution in [2.24, 2.45) is 46.3 Å². The van der Waals surface area contributed by atoms with E-state index < -0.39 is 0 Å². The Balaban J connectivity index is 1.51. The normalized spacial score (nSPS) is 50.4. The van der Waals surface area contributed by atoms with Crippen LogP contribution in [-0.2, 0) is 4.79 Å². The zero-order valence-electron chi connectivity index (χ0n) is 17.9. The van der Waals surface area contributed by atoms with Gasteiger partial charge in [-0.15, -0.1) is 0 Å². The number of aliphatic hydroxyl groups is 1. The highest BCUT2D eigenvalue weighted by Crippen LogP contribution is 2.67. The van der Waals surface area contributed by atoms with Crippen molar-refractivity contribution in [3.63, 3.8) is 0 Å². The van der Waals surface area contributed by atoms with Crippen LogP contribution in [0.1, 0.15) is 85.5 Å². The van der Waals surface area contributed by atoms with E-state index >= 15 is 0 Å². The van der Waals surface area contributed by atoms with Crippen molar-refractivity contribution in [2.45, 2.75) is 91.6 Å². The summed E-state index contributed by atoms with van der Waals surface area (Å²) in [5.74, 6) is 4.77. The van der Waals surface area contributed by atoms with Gasteiger partial charge in [-0.3, -0.25) is 0 Å². The van der Waals surface area contributed by atoms with Gasteiger partial charge in [0.15, 0.2) is 0 Å². The van der Waals surface area contributed by atoms with Crippen molar-refractivity contribution in [1.29, 1.82) is 0 Å². The number of carbonyl (C=O) groups is 1. The third-order valence-corrected chi connectivity index (χ3v) is 9.81. The highest BCUT2D eigenvalue weighted by molar-refractivity contribution is 5.75. The Labute approximate surface area is 166 Å². The number of rotatable bonds is 4. The van der Waals surface area contributed by atoms with E-state index in [4.69, 9.17) is 0 Å². The highest BCUT2D eigenvalue weighted by Gasteiger charge is 2.60. The van der Waals surface area contributed by atoms with E-state index in [2.05, 4.69) is 33.6 Å². The molecule has 4 aliphatic rings.